The first-order valence-electron chi connectivity index (χ1n) is 11.1. The molecule has 5 atom stereocenters. The maximum atomic E-state index is 13.2. The van der Waals surface area contributed by atoms with Gasteiger partial charge in [-0.1, -0.05) is 0 Å². The van der Waals surface area contributed by atoms with Crippen molar-refractivity contribution in [3.05, 3.63) is 0 Å². The molecule has 5 unspecified atom stereocenters. The number of nitrogens with two attached hydrogens (primary N) is 3. The van der Waals surface area contributed by atoms with E-state index in [1.165, 1.54) is 11.8 Å². The molecule has 10 N–H and O–H groups in total. The average molecular weight is 473 g/mol. The first kappa shape index (κ1) is 28.3. The Morgan fingerprint density at radius 3 is 2.30 bits per heavy atom. The van der Waals surface area contributed by atoms with Crippen LogP contribution in [-0.2, 0) is 24.0 Å². The van der Waals surface area contributed by atoms with Gasteiger partial charge in [-0.05, 0) is 52.0 Å². The molecule has 0 aromatic heterocycles. The van der Waals surface area contributed by atoms with Crippen molar-refractivity contribution in [3.8, 4) is 0 Å². The Morgan fingerprint density at radius 2 is 1.76 bits per heavy atom. The lowest BCUT2D eigenvalue weighted by molar-refractivity contribution is -0.145. The summed E-state index contributed by atoms with van der Waals surface area (Å²) in [6, 6.07) is -4.53. The zero-order valence-electron chi connectivity index (χ0n) is 18.9. The molecule has 13 heteroatoms. The summed E-state index contributed by atoms with van der Waals surface area (Å²) < 4.78 is 0. The van der Waals surface area contributed by atoms with Gasteiger partial charge in [0.15, 0.2) is 0 Å². The second-order valence-corrected chi connectivity index (χ2v) is 8.21. The third kappa shape index (κ3) is 8.94. The number of unbranched alkanes of at least 4 members (excludes halogenated alkanes) is 1. The first-order chi connectivity index (χ1) is 15.5. The maximum absolute atomic E-state index is 13.2. The van der Waals surface area contributed by atoms with Crippen molar-refractivity contribution in [1.29, 1.82) is 0 Å². The summed E-state index contributed by atoms with van der Waals surface area (Å²) in [5, 5.41) is 23.8. The topological polar surface area (TPSA) is 231 Å². The highest BCUT2D eigenvalue weighted by Gasteiger charge is 2.39. The van der Waals surface area contributed by atoms with E-state index in [-0.39, 0.29) is 25.8 Å². The third-order valence-electron chi connectivity index (χ3n) is 5.52. The minimum absolute atomic E-state index is 0.117. The molecule has 4 amide bonds. The van der Waals surface area contributed by atoms with Gasteiger partial charge in [-0.2, -0.15) is 0 Å². The Balaban J connectivity index is 2.94. The van der Waals surface area contributed by atoms with E-state index in [4.69, 9.17) is 17.2 Å². The molecule has 1 rings (SSSR count). The van der Waals surface area contributed by atoms with E-state index >= 15 is 0 Å². The van der Waals surface area contributed by atoms with Crippen LogP contribution in [-0.4, -0.2) is 88.1 Å². The number of carboxylic acid groups (broad SMARTS) is 1. The predicted molar refractivity (Wildman–Crippen MR) is 117 cm³/mol. The van der Waals surface area contributed by atoms with Crippen LogP contribution >= 0.6 is 0 Å². The van der Waals surface area contributed by atoms with Gasteiger partial charge in [-0.25, -0.2) is 4.79 Å². The molecule has 1 heterocycles. The standard InChI is InChI=1S/C20H36N6O7/c1-11(27)16(23)18(30)24-12(7-8-15(22)28)19(31)26-10-4-6-14(26)17(29)25-13(20(32)33)5-2-3-9-21/h11-14,16,27H,2-10,21,23H2,1H3,(H2,22,28)(H,24,30)(H,25,29)(H,32,33). The zero-order valence-corrected chi connectivity index (χ0v) is 18.9. The third-order valence-corrected chi connectivity index (χ3v) is 5.52. The Kier molecular flexibility index (Phi) is 11.7. The van der Waals surface area contributed by atoms with Crippen molar-refractivity contribution in [2.75, 3.05) is 13.1 Å². The highest BCUT2D eigenvalue weighted by atomic mass is 16.4. The summed E-state index contributed by atoms with van der Waals surface area (Å²) in [7, 11) is 0. The van der Waals surface area contributed by atoms with Crippen LogP contribution in [0.2, 0.25) is 0 Å². The largest absolute Gasteiger partial charge is 0.480 e. The molecule has 0 aromatic rings. The van der Waals surface area contributed by atoms with Crippen LogP contribution in [0.4, 0.5) is 0 Å². The molecule has 1 aliphatic rings. The molecule has 0 aliphatic carbocycles. The maximum Gasteiger partial charge on any atom is 0.326 e. The lowest BCUT2D eigenvalue weighted by Gasteiger charge is -2.30. The number of nitrogens with one attached hydrogen (secondary N) is 2. The van der Waals surface area contributed by atoms with Gasteiger partial charge in [-0.3, -0.25) is 19.2 Å². The fourth-order valence-corrected chi connectivity index (χ4v) is 3.55. The van der Waals surface area contributed by atoms with Crippen molar-refractivity contribution in [2.24, 2.45) is 17.2 Å². The summed E-state index contributed by atoms with van der Waals surface area (Å²) in [6.45, 7) is 1.94. The SMILES string of the molecule is CC(O)C(N)C(=O)NC(CCC(N)=O)C(=O)N1CCCC1C(=O)NC(CCCCN)C(=O)O. The summed E-state index contributed by atoms with van der Waals surface area (Å²) in [5.41, 5.74) is 16.2. The molecule has 33 heavy (non-hydrogen) atoms. The number of primary amides is 1. The van der Waals surface area contributed by atoms with E-state index < -0.39 is 59.9 Å². The molecule has 0 saturated carbocycles. The van der Waals surface area contributed by atoms with Crippen molar-refractivity contribution in [3.63, 3.8) is 0 Å². The second-order valence-electron chi connectivity index (χ2n) is 8.21. The Morgan fingerprint density at radius 1 is 1.09 bits per heavy atom. The molecule has 1 fully saturated rings. The van der Waals surface area contributed by atoms with E-state index in [0.717, 1.165) is 0 Å². The molecule has 188 valence electrons. The van der Waals surface area contributed by atoms with Gasteiger partial charge < -0.3 is 42.9 Å². The number of amides is 4. The van der Waals surface area contributed by atoms with Crippen molar-refractivity contribution in [1.82, 2.24) is 15.5 Å². The minimum atomic E-state index is -1.30. The lowest BCUT2D eigenvalue weighted by atomic mass is 10.1. The van der Waals surface area contributed by atoms with Crippen molar-refractivity contribution < 1.29 is 34.2 Å². The van der Waals surface area contributed by atoms with Crippen LogP contribution in [0.1, 0.15) is 51.9 Å². The quantitative estimate of drug-likeness (QED) is 0.129. The lowest BCUT2D eigenvalue weighted by Crippen LogP contribution is -2.58. The number of aliphatic carboxylic acids is 1. The van der Waals surface area contributed by atoms with E-state index in [0.29, 0.717) is 32.2 Å². The molecule has 1 aliphatic heterocycles. The van der Waals surface area contributed by atoms with Crippen LogP contribution in [0.3, 0.4) is 0 Å². The molecule has 0 bridgehead atoms. The van der Waals surface area contributed by atoms with Gasteiger partial charge in [0.1, 0.15) is 24.2 Å². The van der Waals surface area contributed by atoms with Crippen molar-refractivity contribution in [2.45, 2.75) is 82.1 Å². The number of hydrogen-bond donors (Lipinski definition) is 7. The highest BCUT2D eigenvalue weighted by Crippen LogP contribution is 2.20. The van der Waals surface area contributed by atoms with E-state index in [9.17, 15) is 34.2 Å². The summed E-state index contributed by atoms with van der Waals surface area (Å²) in [5.74, 6) is -3.88. The zero-order chi connectivity index (χ0) is 25.1. The van der Waals surface area contributed by atoms with E-state index in [1.54, 1.807) is 0 Å². The second kappa shape index (κ2) is 13.7. The van der Waals surface area contributed by atoms with Gasteiger partial charge >= 0.3 is 5.97 Å². The first-order valence-corrected chi connectivity index (χ1v) is 11.1. The molecule has 13 nitrogen and oxygen atoms in total. The number of carbonyl (C=O) groups is 5. The van der Waals surface area contributed by atoms with Gasteiger partial charge in [0.05, 0.1) is 6.10 Å². The van der Waals surface area contributed by atoms with E-state index in [2.05, 4.69) is 10.6 Å². The number of likely N-dealkylation sites (tertiary alicyclic amines) is 1. The minimum Gasteiger partial charge on any atom is -0.480 e. The van der Waals surface area contributed by atoms with Gasteiger partial charge in [0, 0.05) is 13.0 Å². The molecule has 1 saturated heterocycles. The molecule has 0 radical (unpaired) electrons. The normalized spacial score (nSPS) is 19.3. The number of aliphatic hydroxyl groups is 1. The van der Waals surface area contributed by atoms with E-state index in [1.807, 2.05) is 0 Å². The molecule has 0 spiro atoms. The monoisotopic (exact) mass is 472 g/mol. The summed E-state index contributed by atoms with van der Waals surface area (Å²) in [6.07, 6.45) is 0.661. The molecular formula is C20H36N6O7. The fraction of sp³-hybridized carbons (Fsp3) is 0.750. The Labute approximate surface area is 192 Å². The van der Waals surface area contributed by atoms with Gasteiger partial charge in [-0.15, -0.1) is 0 Å². The Bertz CT molecular complexity index is 717. The summed E-state index contributed by atoms with van der Waals surface area (Å²) >= 11 is 0. The Hall–Kier alpha value is -2.77. The van der Waals surface area contributed by atoms with Gasteiger partial charge in [0.2, 0.25) is 23.6 Å². The number of rotatable bonds is 14. The van der Waals surface area contributed by atoms with Crippen LogP contribution < -0.4 is 27.8 Å². The highest BCUT2D eigenvalue weighted by molar-refractivity contribution is 5.94. The van der Waals surface area contributed by atoms with Crippen LogP contribution in [0.5, 0.6) is 0 Å². The number of aliphatic hydroxyl groups excluding tert-OH is 1. The smallest absolute Gasteiger partial charge is 0.326 e. The molecular weight excluding hydrogens is 436 g/mol. The van der Waals surface area contributed by atoms with Crippen LogP contribution in [0.25, 0.3) is 0 Å². The van der Waals surface area contributed by atoms with Crippen LogP contribution in [0.15, 0.2) is 0 Å². The van der Waals surface area contributed by atoms with Crippen LogP contribution in [0, 0.1) is 0 Å². The number of hydrogen-bond acceptors (Lipinski definition) is 8. The predicted octanol–water partition coefficient (Wildman–Crippen LogP) is -2.87. The number of carbonyl (C=O) groups excluding carboxylic acids is 4. The molecule has 0 aromatic carbocycles. The van der Waals surface area contributed by atoms with Crippen molar-refractivity contribution >= 4 is 29.6 Å². The fourth-order valence-electron chi connectivity index (χ4n) is 3.55. The van der Waals surface area contributed by atoms with Gasteiger partial charge in [0.25, 0.3) is 0 Å². The number of nitrogens with zero attached hydrogens (tertiary/aromatic N) is 1. The summed E-state index contributed by atoms with van der Waals surface area (Å²) in [4.78, 5) is 62.3. The average Bonchev–Trinajstić information content (AvgIpc) is 3.24. The number of carboxylic acids is 1.